The molecule has 0 atom stereocenters. The maximum absolute atomic E-state index is 12.8. The Morgan fingerprint density at radius 1 is 1.39 bits per heavy atom. The fraction of sp³-hybridized carbons (Fsp3) is 0.417. The zero-order valence-electron chi connectivity index (χ0n) is 10.4. The summed E-state index contributed by atoms with van der Waals surface area (Å²) < 4.78 is 12.8. The summed E-state index contributed by atoms with van der Waals surface area (Å²) in [4.78, 5) is 28.2. The third-order valence-electron chi connectivity index (χ3n) is 2.51. The lowest BCUT2D eigenvalue weighted by Crippen LogP contribution is -2.40. The predicted octanol–water partition coefficient (Wildman–Crippen LogP) is 0.819. The third kappa shape index (κ3) is 3.80. The molecule has 98 valence electrons. The van der Waals surface area contributed by atoms with Crippen LogP contribution in [0.5, 0.6) is 0 Å². The molecular weight excluding hydrogens is 237 g/mol. The fourth-order valence-electron chi connectivity index (χ4n) is 1.49. The number of nitrogens with zero attached hydrogens (tertiary/aromatic N) is 2. The Labute approximate surface area is 105 Å². The van der Waals surface area contributed by atoms with E-state index in [1.54, 1.807) is 4.90 Å². The molecule has 0 spiro atoms. The quantitative estimate of drug-likeness (QED) is 0.790. The van der Waals surface area contributed by atoms with Crippen molar-refractivity contribution in [3.8, 4) is 0 Å². The largest absolute Gasteiger partial charge is 0.343 e. The summed E-state index contributed by atoms with van der Waals surface area (Å²) in [6.45, 7) is 4.82. The van der Waals surface area contributed by atoms with Crippen molar-refractivity contribution in [3.05, 3.63) is 29.8 Å². The van der Waals surface area contributed by atoms with Crippen molar-refractivity contribution in [2.45, 2.75) is 13.8 Å². The lowest BCUT2D eigenvalue weighted by Gasteiger charge is -2.18. The van der Waals surface area contributed by atoms with Crippen LogP contribution in [0.2, 0.25) is 0 Å². The highest BCUT2D eigenvalue weighted by Crippen LogP contribution is 2.00. The van der Waals surface area contributed by atoms with E-state index in [9.17, 15) is 14.0 Å². The third-order valence-corrected chi connectivity index (χ3v) is 2.51. The van der Waals surface area contributed by atoms with Gasteiger partial charge in [0.05, 0.1) is 6.54 Å². The van der Waals surface area contributed by atoms with Crippen molar-refractivity contribution in [1.29, 1.82) is 0 Å². The molecule has 0 fully saturated rings. The van der Waals surface area contributed by atoms with Crippen molar-refractivity contribution >= 4 is 11.8 Å². The van der Waals surface area contributed by atoms with Crippen LogP contribution in [0.15, 0.2) is 18.3 Å². The van der Waals surface area contributed by atoms with Gasteiger partial charge in [0.15, 0.2) is 0 Å². The van der Waals surface area contributed by atoms with Crippen LogP contribution in [0.4, 0.5) is 4.39 Å². The molecule has 1 N–H and O–H groups in total. The van der Waals surface area contributed by atoms with E-state index in [1.165, 1.54) is 12.3 Å². The van der Waals surface area contributed by atoms with Crippen LogP contribution < -0.4 is 5.32 Å². The van der Waals surface area contributed by atoms with Gasteiger partial charge in [-0.2, -0.15) is 4.39 Å². The first-order valence-corrected chi connectivity index (χ1v) is 5.76. The predicted molar refractivity (Wildman–Crippen MR) is 64.5 cm³/mol. The Bertz CT molecular complexity index is 433. The summed E-state index contributed by atoms with van der Waals surface area (Å²) in [7, 11) is 0. The molecule has 2 amide bonds. The van der Waals surface area contributed by atoms with Gasteiger partial charge in [0.25, 0.3) is 5.91 Å². The topological polar surface area (TPSA) is 62.3 Å². The number of pyridine rings is 1. The summed E-state index contributed by atoms with van der Waals surface area (Å²) in [6.07, 6.45) is 1.20. The average Bonchev–Trinajstić information content (AvgIpc) is 2.37. The van der Waals surface area contributed by atoms with Gasteiger partial charge in [-0.1, -0.05) is 0 Å². The molecule has 1 rings (SSSR count). The summed E-state index contributed by atoms with van der Waals surface area (Å²) in [6, 6.07) is 2.41. The molecule has 0 aliphatic heterocycles. The summed E-state index contributed by atoms with van der Waals surface area (Å²) in [5.74, 6) is -1.38. The second-order valence-electron chi connectivity index (χ2n) is 3.62. The van der Waals surface area contributed by atoms with E-state index >= 15 is 0 Å². The maximum atomic E-state index is 12.8. The molecule has 0 unspecified atom stereocenters. The van der Waals surface area contributed by atoms with Crippen molar-refractivity contribution in [1.82, 2.24) is 15.2 Å². The molecule has 0 aromatic carbocycles. The molecule has 1 heterocycles. The molecule has 1 aromatic rings. The van der Waals surface area contributed by atoms with E-state index in [0.717, 1.165) is 6.07 Å². The zero-order chi connectivity index (χ0) is 13.5. The minimum absolute atomic E-state index is 0.0928. The molecule has 0 saturated carbocycles. The normalized spacial score (nSPS) is 9.94. The standard InChI is InChI=1S/C12H16FN3O2/c1-3-16(4-2)11(17)8-15-12(18)9-5-6-14-10(13)7-9/h5-7H,3-4,8H2,1-2H3,(H,15,18). The van der Waals surface area contributed by atoms with Gasteiger partial charge in [0.2, 0.25) is 11.9 Å². The monoisotopic (exact) mass is 253 g/mol. The molecular formula is C12H16FN3O2. The fourth-order valence-corrected chi connectivity index (χ4v) is 1.49. The number of likely N-dealkylation sites (N-methyl/N-ethyl adjacent to an activating group) is 1. The molecule has 1 aromatic heterocycles. The van der Waals surface area contributed by atoms with Crippen LogP contribution >= 0.6 is 0 Å². The minimum atomic E-state index is -0.724. The van der Waals surface area contributed by atoms with E-state index in [2.05, 4.69) is 10.3 Å². The number of amides is 2. The van der Waals surface area contributed by atoms with Gasteiger partial charge in [-0.25, -0.2) is 4.98 Å². The highest BCUT2D eigenvalue weighted by Gasteiger charge is 2.12. The maximum Gasteiger partial charge on any atom is 0.251 e. The molecule has 18 heavy (non-hydrogen) atoms. The number of nitrogens with one attached hydrogen (secondary N) is 1. The van der Waals surface area contributed by atoms with Crippen LogP contribution in [0.3, 0.4) is 0 Å². The summed E-state index contributed by atoms with van der Waals surface area (Å²) >= 11 is 0. The number of hydrogen-bond acceptors (Lipinski definition) is 3. The van der Waals surface area contributed by atoms with E-state index < -0.39 is 11.9 Å². The Hall–Kier alpha value is -1.98. The number of aromatic nitrogens is 1. The van der Waals surface area contributed by atoms with E-state index in [-0.39, 0.29) is 18.0 Å². The summed E-state index contributed by atoms with van der Waals surface area (Å²) in [5.41, 5.74) is 0.148. The lowest BCUT2D eigenvalue weighted by atomic mass is 10.2. The molecule has 0 aliphatic carbocycles. The minimum Gasteiger partial charge on any atom is -0.343 e. The van der Waals surface area contributed by atoms with Crippen LogP contribution in [0, 0.1) is 5.95 Å². The van der Waals surface area contributed by atoms with Crippen molar-refractivity contribution in [2.24, 2.45) is 0 Å². The Morgan fingerprint density at radius 2 is 2.06 bits per heavy atom. The van der Waals surface area contributed by atoms with Gasteiger partial charge in [-0.15, -0.1) is 0 Å². The molecule has 0 radical (unpaired) electrons. The van der Waals surface area contributed by atoms with Crippen LogP contribution in [0.1, 0.15) is 24.2 Å². The SMILES string of the molecule is CCN(CC)C(=O)CNC(=O)c1ccnc(F)c1. The number of halogens is 1. The summed E-state index contributed by atoms with van der Waals surface area (Å²) in [5, 5.41) is 2.45. The smallest absolute Gasteiger partial charge is 0.251 e. The van der Waals surface area contributed by atoms with Gasteiger partial charge < -0.3 is 10.2 Å². The van der Waals surface area contributed by atoms with Gasteiger partial charge >= 0.3 is 0 Å². The number of hydrogen-bond donors (Lipinski definition) is 1. The van der Waals surface area contributed by atoms with Gasteiger partial charge in [0, 0.05) is 30.9 Å². The van der Waals surface area contributed by atoms with Crippen molar-refractivity contribution in [3.63, 3.8) is 0 Å². The Balaban J connectivity index is 2.54. The van der Waals surface area contributed by atoms with Crippen molar-refractivity contribution in [2.75, 3.05) is 19.6 Å². The van der Waals surface area contributed by atoms with Gasteiger partial charge in [-0.05, 0) is 19.9 Å². The number of carbonyl (C=O) groups is 2. The van der Waals surface area contributed by atoms with Gasteiger partial charge in [-0.3, -0.25) is 9.59 Å². The molecule has 0 aliphatic rings. The van der Waals surface area contributed by atoms with E-state index in [1.807, 2.05) is 13.8 Å². The second-order valence-corrected chi connectivity index (χ2v) is 3.62. The van der Waals surface area contributed by atoms with E-state index in [4.69, 9.17) is 0 Å². The van der Waals surface area contributed by atoms with Crippen LogP contribution in [-0.2, 0) is 4.79 Å². The first-order chi connectivity index (χ1) is 8.58. The second kappa shape index (κ2) is 6.68. The molecule has 5 nitrogen and oxygen atoms in total. The highest BCUT2D eigenvalue weighted by molar-refractivity contribution is 5.96. The Morgan fingerprint density at radius 3 is 2.61 bits per heavy atom. The molecule has 6 heteroatoms. The van der Waals surface area contributed by atoms with Crippen molar-refractivity contribution < 1.29 is 14.0 Å². The van der Waals surface area contributed by atoms with E-state index in [0.29, 0.717) is 13.1 Å². The Kier molecular flexibility index (Phi) is 5.23. The number of rotatable bonds is 5. The average molecular weight is 253 g/mol. The zero-order valence-corrected chi connectivity index (χ0v) is 10.4. The number of carbonyl (C=O) groups excluding carboxylic acids is 2. The highest BCUT2D eigenvalue weighted by atomic mass is 19.1. The van der Waals surface area contributed by atoms with Gasteiger partial charge in [0.1, 0.15) is 0 Å². The lowest BCUT2D eigenvalue weighted by molar-refractivity contribution is -0.129. The van der Waals surface area contributed by atoms with Crippen LogP contribution in [-0.4, -0.2) is 41.3 Å². The molecule has 0 bridgehead atoms. The molecule has 0 saturated heterocycles. The van der Waals surface area contributed by atoms with Crippen LogP contribution in [0.25, 0.3) is 0 Å². The first-order valence-electron chi connectivity index (χ1n) is 5.76. The first kappa shape index (κ1) is 14.1.